The highest BCUT2D eigenvalue weighted by Gasteiger charge is 2.27. The van der Waals surface area contributed by atoms with E-state index in [1.54, 1.807) is 0 Å². The minimum atomic E-state index is 0.0609. The lowest BCUT2D eigenvalue weighted by molar-refractivity contribution is 0.566. The van der Waals surface area contributed by atoms with Crippen molar-refractivity contribution in [3.05, 3.63) is 165 Å². The van der Waals surface area contributed by atoms with Crippen molar-refractivity contribution in [2.45, 2.75) is 160 Å². The largest absolute Gasteiger partial charge is 0.456 e. The molecule has 8 nitrogen and oxygen atoms in total. The summed E-state index contributed by atoms with van der Waals surface area (Å²) in [7, 11) is 0. The summed E-state index contributed by atoms with van der Waals surface area (Å²) in [6.07, 6.45) is 5.62. The molecule has 8 aromatic heterocycles. The molecular weight excluding hydrogens is 937 g/mol. The van der Waals surface area contributed by atoms with Gasteiger partial charge in [0.05, 0.1) is 5.69 Å². The van der Waals surface area contributed by atoms with E-state index >= 15 is 0 Å². The van der Waals surface area contributed by atoms with E-state index in [1.165, 1.54) is 49.9 Å². The van der Waals surface area contributed by atoms with Gasteiger partial charge in [0.2, 0.25) is 5.71 Å². The summed E-state index contributed by atoms with van der Waals surface area (Å²) < 4.78 is 24.5. The van der Waals surface area contributed by atoms with Crippen LogP contribution >= 0.6 is 0 Å². The highest BCUT2D eigenvalue weighted by Crippen LogP contribution is 2.42. The zero-order valence-electron chi connectivity index (χ0n) is 48.7. The number of pyridine rings is 4. The van der Waals surface area contributed by atoms with Crippen molar-refractivity contribution >= 4 is 88.0 Å². The number of rotatable bonds is 0. The van der Waals surface area contributed by atoms with Crippen molar-refractivity contribution in [2.75, 3.05) is 0 Å². The summed E-state index contributed by atoms with van der Waals surface area (Å²) in [6.45, 7) is 43.3. The van der Waals surface area contributed by atoms with Crippen LogP contribution in [0.5, 0.6) is 0 Å². The molecule has 8 heterocycles. The average Bonchev–Trinajstić information content (AvgIpc) is 4.13. The maximum absolute atomic E-state index is 6.16. The van der Waals surface area contributed by atoms with Gasteiger partial charge in [-0.1, -0.05) is 126 Å². The first kappa shape index (κ1) is 53.5. The predicted molar refractivity (Wildman–Crippen MR) is 319 cm³/mol. The number of hydrogen-bond donors (Lipinski definition) is 0. The highest BCUT2D eigenvalue weighted by molar-refractivity contribution is 6.08. The van der Waals surface area contributed by atoms with Crippen LogP contribution in [0.1, 0.15) is 150 Å². The third-order valence-electron chi connectivity index (χ3n) is 14.6. The van der Waals surface area contributed by atoms with E-state index in [9.17, 15) is 0 Å². The van der Waals surface area contributed by atoms with Gasteiger partial charge < -0.3 is 17.7 Å². The second-order valence-electron chi connectivity index (χ2n) is 25.2. The van der Waals surface area contributed by atoms with Gasteiger partial charge in [-0.15, -0.1) is 0 Å². The molecule has 0 N–H and O–H groups in total. The molecule has 76 heavy (non-hydrogen) atoms. The lowest BCUT2D eigenvalue weighted by atomic mass is 9.83. The number of aromatic nitrogens is 4. The first-order valence-electron chi connectivity index (χ1n) is 26.7. The summed E-state index contributed by atoms with van der Waals surface area (Å²) >= 11 is 0. The van der Waals surface area contributed by atoms with Gasteiger partial charge >= 0.3 is 0 Å². The zero-order valence-corrected chi connectivity index (χ0v) is 48.7. The van der Waals surface area contributed by atoms with Gasteiger partial charge in [0.15, 0.2) is 11.2 Å². The molecule has 0 aliphatic carbocycles. The van der Waals surface area contributed by atoms with Crippen molar-refractivity contribution in [1.29, 1.82) is 0 Å². The molecule has 0 aliphatic heterocycles. The van der Waals surface area contributed by atoms with Crippen LogP contribution in [0.15, 0.2) is 115 Å². The minimum Gasteiger partial charge on any atom is -0.456 e. The van der Waals surface area contributed by atoms with Gasteiger partial charge in [-0.3, -0.25) is 15.0 Å². The van der Waals surface area contributed by atoms with Crippen LogP contribution < -0.4 is 0 Å². The van der Waals surface area contributed by atoms with Gasteiger partial charge in [0, 0.05) is 96.0 Å². The molecule has 0 fully saturated rings. The third-order valence-corrected chi connectivity index (χ3v) is 14.6. The monoisotopic (exact) mass is 1010 g/mol. The maximum atomic E-state index is 6.16. The van der Waals surface area contributed by atoms with Crippen LogP contribution in [0.3, 0.4) is 0 Å². The summed E-state index contributed by atoms with van der Waals surface area (Å²) in [5, 5.41) is 8.01. The van der Waals surface area contributed by atoms with Crippen LogP contribution in [0.2, 0.25) is 0 Å². The van der Waals surface area contributed by atoms with Gasteiger partial charge in [-0.25, -0.2) is 4.98 Å². The molecule has 0 aliphatic rings. The Balaban J connectivity index is 0.000000124. The van der Waals surface area contributed by atoms with Crippen molar-refractivity contribution < 1.29 is 17.7 Å². The molecule has 8 heteroatoms. The number of hydrogen-bond acceptors (Lipinski definition) is 8. The van der Waals surface area contributed by atoms with E-state index in [4.69, 9.17) is 17.7 Å². The van der Waals surface area contributed by atoms with Gasteiger partial charge in [0.1, 0.15) is 33.4 Å². The number of furan rings is 4. The second kappa shape index (κ2) is 19.4. The SMILES string of the molecule is Cc1cc2oc3c(C(C)(C)C)c(C)ccc3c2cn1.Cc1ccc2c(n1)oc1c(C(C)(C)C)c(C)ccc12.Cc1ccc2c(oc3c(C)ccnc32)c1C(C)(C)C.Cc1ccc2c(oc3c(C)nccc32)c1C(C)(C)C. The molecule has 0 radical (unpaired) electrons. The Morgan fingerprint density at radius 2 is 0.750 bits per heavy atom. The third kappa shape index (κ3) is 9.87. The summed E-state index contributed by atoms with van der Waals surface area (Å²) in [4.78, 5) is 17.7. The molecule has 0 bridgehead atoms. The molecule has 4 aromatic carbocycles. The summed E-state index contributed by atoms with van der Waals surface area (Å²) in [6, 6.07) is 27.5. The van der Waals surface area contributed by atoms with Crippen molar-refractivity contribution in [3.8, 4) is 0 Å². The number of benzene rings is 4. The van der Waals surface area contributed by atoms with Crippen molar-refractivity contribution in [2.24, 2.45) is 0 Å². The minimum absolute atomic E-state index is 0.0609. The smallest absolute Gasteiger partial charge is 0.227 e. The first-order chi connectivity index (χ1) is 35.5. The fourth-order valence-corrected chi connectivity index (χ4v) is 11.5. The Kier molecular flexibility index (Phi) is 13.6. The van der Waals surface area contributed by atoms with Crippen LogP contribution in [0.25, 0.3) is 88.0 Å². The van der Waals surface area contributed by atoms with Gasteiger partial charge in [-0.05, 0) is 135 Å². The van der Waals surface area contributed by atoms with E-state index in [1.807, 2.05) is 63.6 Å². The van der Waals surface area contributed by atoms with E-state index in [0.717, 1.165) is 105 Å². The standard InChI is InChI=1S/4C17H19NO/c1-10-6-8-12-13-9-7-11(2)18-16(13)19-15(12)14(10)17(3,4)5;1-10-6-7-12-13-9-18-11(2)8-14(13)19-16(12)15(10)17(3,4)5;1-10-6-7-12-13-8-9-18-11(2)15(13)19-16(12)14(10)17(3,4)5;1-10-6-7-12-14-15(11(2)8-9-18-14)19-16(12)13(10)17(3,4)5/h4*6-9H,1-5H3. The molecule has 0 unspecified atom stereocenters. The quantitative estimate of drug-likeness (QED) is 0.148. The molecule has 12 rings (SSSR count). The number of fused-ring (bicyclic) bond motifs is 12. The Bertz CT molecular complexity index is 3920. The Labute approximate surface area is 448 Å². The molecule has 12 aromatic rings. The van der Waals surface area contributed by atoms with Gasteiger partial charge in [-0.2, -0.15) is 0 Å². The molecule has 0 spiro atoms. The lowest BCUT2D eigenvalue weighted by Crippen LogP contribution is -2.13. The topological polar surface area (TPSA) is 104 Å². The molecule has 0 amide bonds. The average molecular weight is 1010 g/mol. The van der Waals surface area contributed by atoms with E-state index in [2.05, 4.69) is 192 Å². The Morgan fingerprint density at radius 3 is 1.29 bits per heavy atom. The van der Waals surface area contributed by atoms with Crippen molar-refractivity contribution in [3.63, 3.8) is 0 Å². The van der Waals surface area contributed by atoms with Crippen LogP contribution in [-0.2, 0) is 21.7 Å². The molecule has 392 valence electrons. The van der Waals surface area contributed by atoms with Crippen molar-refractivity contribution in [1.82, 2.24) is 19.9 Å². The van der Waals surface area contributed by atoms with Crippen LogP contribution in [0, 0.1) is 55.4 Å². The van der Waals surface area contributed by atoms with E-state index < -0.39 is 0 Å². The normalized spacial score (nSPS) is 12.5. The molecule has 0 saturated heterocycles. The molecule has 0 atom stereocenters. The van der Waals surface area contributed by atoms with Crippen LogP contribution in [0.4, 0.5) is 0 Å². The fraction of sp³-hybridized carbons (Fsp3) is 0.353. The Morgan fingerprint density at radius 1 is 0.329 bits per heavy atom. The summed E-state index contributed by atoms with van der Waals surface area (Å²) in [5.41, 5.74) is 23.0. The predicted octanol–water partition coefficient (Wildman–Crippen LogP) is 19.6. The van der Waals surface area contributed by atoms with E-state index in [-0.39, 0.29) is 21.7 Å². The fourth-order valence-electron chi connectivity index (χ4n) is 11.5. The number of aryl methyl sites for hydroxylation is 8. The van der Waals surface area contributed by atoms with Gasteiger partial charge in [0.25, 0.3) is 0 Å². The molecule has 0 saturated carbocycles. The summed E-state index contributed by atoms with van der Waals surface area (Å²) in [5.74, 6) is 0. The number of nitrogens with zero attached hydrogens (tertiary/aromatic N) is 4. The zero-order chi connectivity index (χ0) is 55.1. The highest BCUT2D eigenvalue weighted by atomic mass is 16.3. The van der Waals surface area contributed by atoms with E-state index in [0.29, 0.717) is 0 Å². The lowest BCUT2D eigenvalue weighted by Gasteiger charge is -2.21. The maximum Gasteiger partial charge on any atom is 0.227 e. The second-order valence-corrected chi connectivity index (χ2v) is 25.2. The Hall–Kier alpha value is -7.32. The van der Waals surface area contributed by atoms with Crippen LogP contribution in [-0.4, -0.2) is 19.9 Å². The first-order valence-corrected chi connectivity index (χ1v) is 26.7. The molecular formula is C68H76N4O4.